The summed E-state index contributed by atoms with van der Waals surface area (Å²) in [7, 11) is -1.99. The van der Waals surface area contributed by atoms with Gasteiger partial charge >= 0.3 is 10.2 Å². The fourth-order valence-electron chi connectivity index (χ4n) is 3.65. The van der Waals surface area contributed by atoms with Gasteiger partial charge in [0.15, 0.2) is 0 Å². The number of carbonyl (C=O) groups excluding carboxylic acids is 1. The highest BCUT2D eigenvalue weighted by atomic mass is 32.2. The SMILES string of the molecule is CN1c2ccccc2N(C2CCN(C(=O)/C=C/c3ccco3)CC2)S1(=O)=O. The summed E-state index contributed by atoms with van der Waals surface area (Å²) in [5, 5.41) is 0. The van der Waals surface area contributed by atoms with Gasteiger partial charge in [-0.15, -0.1) is 0 Å². The number of nitrogens with zero attached hydrogens (tertiary/aromatic N) is 3. The minimum Gasteiger partial charge on any atom is -0.465 e. The molecule has 0 atom stereocenters. The quantitative estimate of drug-likeness (QED) is 0.759. The lowest BCUT2D eigenvalue weighted by Gasteiger charge is -2.36. The number of rotatable bonds is 3. The number of piperidine rings is 1. The highest BCUT2D eigenvalue weighted by Gasteiger charge is 2.42. The van der Waals surface area contributed by atoms with Crippen LogP contribution in [0.3, 0.4) is 0 Å². The maximum atomic E-state index is 12.8. The lowest BCUT2D eigenvalue weighted by molar-refractivity contribution is -0.126. The van der Waals surface area contributed by atoms with Crippen LogP contribution in [0.4, 0.5) is 11.4 Å². The van der Waals surface area contributed by atoms with E-state index in [-0.39, 0.29) is 11.9 Å². The van der Waals surface area contributed by atoms with Crippen LogP contribution in [-0.2, 0) is 15.0 Å². The molecule has 1 aromatic heterocycles. The molecule has 0 saturated carbocycles. The Kier molecular flexibility index (Phi) is 4.43. The van der Waals surface area contributed by atoms with Gasteiger partial charge < -0.3 is 9.32 Å². The molecule has 142 valence electrons. The van der Waals surface area contributed by atoms with Crippen LogP contribution in [0.1, 0.15) is 18.6 Å². The molecule has 2 aliphatic rings. The van der Waals surface area contributed by atoms with Gasteiger partial charge in [0.05, 0.1) is 23.7 Å². The van der Waals surface area contributed by atoms with E-state index in [1.165, 1.54) is 14.7 Å². The van der Waals surface area contributed by atoms with Crippen molar-refractivity contribution < 1.29 is 17.6 Å². The van der Waals surface area contributed by atoms with Gasteiger partial charge in [-0.1, -0.05) is 12.1 Å². The van der Waals surface area contributed by atoms with Gasteiger partial charge in [0.1, 0.15) is 5.76 Å². The van der Waals surface area contributed by atoms with Crippen molar-refractivity contribution in [3.8, 4) is 0 Å². The number of para-hydroxylation sites is 2. The number of furan rings is 1. The first-order valence-corrected chi connectivity index (χ1v) is 10.3. The van der Waals surface area contributed by atoms with E-state index in [0.717, 1.165) is 0 Å². The predicted octanol–water partition coefficient (Wildman–Crippen LogP) is 2.49. The number of carbonyl (C=O) groups is 1. The number of hydrogen-bond acceptors (Lipinski definition) is 4. The fraction of sp³-hybridized carbons (Fsp3) is 0.316. The van der Waals surface area contributed by atoms with E-state index in [2.05, 4.69) is 0 Å². The van der Waals surface area contributed by atoms with Crippen molar-refractivity contribution in [3.05, 3.63) is 54.5 Å². The summed E-state index contributed by atoms with van der Waals surface area (Å²) in [4.78, 5) is 14.1. The third kappa shape index (κ3) is 3.10. The van der Waals surface area contributed by atoms with Crippen LogP contribution in [0, 0.1) is 0 Å². The third-order valence-electron chi connectivity index (χ3n) is 5.09. The monoisotopic (exact) mass is 387 g/mol. The summed E-state index contributed by atoms with van der Waals surface area (Å²) in [5.74, 6) is 0.535. The van der Waals surface area contributed by atoms with Crippen molar-refractivity contribution in [1.82, 2.24) is 4.90 Å². The molecule has 2 aliphatic heterocycles. The van der Waals surface area contributed by atoms with Crippen LogP contribution in [0.2, 0.25) is 0 Å². The van der Waals surface area contributed by atoms with Crippen LogP contribution >= 0.6 is 0 Å². The molecule has 0 unspecified atom stereocenters. The molecular weight excluding hydrogens is 366 g/mol. The van der Waals surface area contributed by atoms with Gasteiger partial charge in [-0.05, 0) is 43.2 Å². The van der Waals surface area contributed by atoms with Crippen molar-refractivity contribution in [2.24, 2.45) is 0 Å². The van der Waals surface area contributed by atoms with E-state index in [0.29, 0.717) is 43.1 Å². The summed E-state index contributed by atoms with van der Waals surface area (Å²) < 4.78 is 33.7. The molecular formula is C19H21N3O4S. The van der Waals surface area contributed by atoms with Gasteiger partial charge in [0, 0.05) is 26.2 Å². The first kappa shape index (κ1) is 17.7. The highest BCUT2D eigenvalue weighted by molar-refractivity contribution is 7.94. The van der Waals surface area contributed by atoms with Crippen molar-refractivity contribution in [3.63, 3.8) is 0 Å². The molecule has 8 heteroatoms. The highest BCUT2D eigenvalue weighted by Crippen LogP contribution is 2.42. The average molecular weight is 387 g/mol. The second-order valence-corrected chi connectivity index (χ2v) is 8.50. The number of hydrogen-bond donors (Lipinski definition) is 0. The van der Waals surface area contributed by atoms with Crippen molar-refractivity contribution in [2.75, 3.05) is 28.7 Å². The van der Waals surface area contributed by atoms with Crippen molar-refractivity contribution >= 4 is 33.6 Å². The van der Waals surface area contributed by atoms with E-state index in [1.807, 2.05) is 24.3 Å². The Labute approximate surface area is 158 Å². The minimum atomic E-state index is -3.57. The smallest absolute Gasteiger partial charge is 0.326 e. The Morgan fingerprint density at radius 1 is 1.11 bits per heavy atom. The van der Waals surface area contributed by atoms with Gasteiger partial charge in [-0.3, -0.25) is 9.10 Å². The van der Waals surface area contributed by atoms with Gasteiger partial charge in [0.2, 0.25) is 5.91 Å². The maximum Gasteiger partial charge on any atom is 0.326 e. The Morgan fingerprint density at radius 2 is 1.81 bits per heavy atom. The van der Waals surface area contributed by atoms with Crippen LogP contribution in [-0.4, -0.2) is 45.4 Å². The molecule has 1 aromatic carbocycles. The van der Waals surface area contributed by atoms with E-state index in [1.54, 1.807) is 36.4 Å². The number of likely N-dealkylation sites (tertiary alicyclic amines) is 1. The zero-order valence-corrected chi connectivity index (χ0v) is 15.8. The first-order valence-electron chi connectivity index (χ1n) is 8.86. The molecule has 27 heavy (non-hydrogen) atoms. The van der Waals surface area contributed by atoms with Gasteiger partial charge in [-0.2, -0.15) is 8.42 Å². The maximum absolute atomic E-state index is 12.8. The molecule has 1 amide bonds. The van der Waals surface area contributed by atoms with E-state index in [4.69, 9.17) is 4.42 Å². The summed E-state index contributed by atoms with van der Waals surface area (Å²) in [6.45, 7) is 1.04. The molecule has 4 rings (SSSR count). The van der Waals surface area contributed by atoms with E-state index < -0.39 is 10.2 Å². The summed E-state index contributed by atoms with van der Waals surface area (Å²) in [6.07, 6.45) is 5.89. The van der Waals surface area contributed by atoms with E-state index >= 15 is 0 Å². The van der Waals surface area contributed by atoms with Crippen LogP contribution < -0.4 is 8.61 Å². The molecule has 0 aliphatic carbocycles. The molecule has 0 radical (unpaired) electrons. The summed E-state index contributed by atoms with van der Waals surface area (Å²) >= 11 is 0. The Bertz CT molecular complexity index is 961. The largest absolute Gasteiger partial charge is 0.465 e. The van der Waals surface area contributed by atoms with Crippen molar-refractivity contribution in [2.45, 2.75) is 18.9 Å². The first-order chi connectivity index (χ1) is 13.0. The van der Waals surface area contributed by atoms with Gasteiger partial charge in [-0.25, -0.2) is 4.31 Å². The topological polar surface area (TPSA) is 74.1 Å². The number of anilines is 2. The third-order valence-corrected chi connectivity index (χ3v) is 6.98. The van der Waals surface area contributed by atoms with Crippen molar-refractivity contribution in [1.29, 1.82) is 0 Å². The number of amides is 1. The molecule has 0 N–H and O–H groups in total. The normalized spacial score (nSPS) is 19.7. The number of benzene rings is 1. The molecule has 7 nitrogen and oxygen atoms in total. The molecule has 1 saturated heterocycles. The lowest BCUT2D eigenvalue weighted by atomic mass is 10.0. The van der Waals surface area contributed by atoms with Crippen LogP contribution in [0.15, 0.2) is 53.2 Å². The second kappa shape index (κ2) is 6.77. The Hall–Kier alpha value is -2.74. The molecule has 2 aromatic rings. The van der Waals surface area contributed by atoms with Gasteiger partial charge in [0.25, 0.3) is 0 Å². The Morgan fingerprint density at radius 3 is 2.48 bits per heavy atom. The lowest BCUT2D eigenvalue weighted by Crippen LogP contribution is -2.49. The molecule has 0 spiro atoms. The standard InChI is InChI=1S/C19H21N3O4S/c1-20-17-6-2-3-7-18(17)22(27(20,24)25)15-10-12-21(13-11-15)19(23)9-8-16-5-4-14-26-16/h2-9,14-15H,10-13H2,1H3/b9-8+. The zero-order valence-electron chi connectivity index (χ0n) is 15.0. The minimum absolute atomic E-state index is 0.0911. The van der Waals surface area contributed by atoms with E-state index in [9.17, 15) is 13.2 Å². The van der Waals surface area contributed by atoms with Crippen LogP contribution in [0.5, 0.6) is 0 Å². The molecule has 1 fully saturated rings. The second-order valence-electron chi connectivity index (χ2n) is 6.67. The summed E-state index contributed by atoms with van der Waals surface area (Å²) in [6, 6.07) is 10.7. The zero-order chi connectivity index (χ0) is 19.0. The van der Waals surface area contributed by atoms with Crippen LogP contribution in [0.25, 0.3) is 6.08 Å². The predicted molar refractivity (Wildman–Crippen MR) is 104 cm³/mol. The number of fused-ring (bicyclic) bond motifs is 1. The molecule has 0 bridgehead atoms. The molecule has 3 heterocycles. The fourth-order valence-corrected chi connectivity index (χ4v) is 5.31. The summed E-state index contributed by atoms with van der Waals surface area (Å²) in [5.41, 5.74) is 1.40. The Balaban J connectivity index is 1.46. The average Bonchev–Trinajstić information content (AvgIpc) is 3.26.